The van der Waals surface area contributed by atoms with Crippen molar-refractivity contribution >= 4 is 21.9 Å². The lowest BCUT2D eigenvalue weighted by atomic mass is 10.1. The predicted molar refractivity (Wildman–Crippen MR) is 111 cm³/mol. The Balaban J connectivity index is 1.39. The van der Waals surface area contributed by atoms with E-state index >= 15 is 0 Å². The molecule has 1 aromatic rings. The lowest BCUT2D eigenvalue weighted by Gasteiger charge is -2.33. The molecule has 26 heavy (non-hydrogen) atoms. The highest BCUT2D eigenvalue weighted by Gasteiger charge is 2.39. The van der Waals surface area contributed by atoms with Gasteiger partial charge in [-0.2, -0.15) is 0 Å². The highest BCUT2D eigenvalue weighted by Crippen LogP contribution is 2.41. The van der Waals surface area contributed by atoms with Crippen LogP contribution in [-0.2, 0) is 4.74 Å². The van der Waals surface area contributed by atoms with Crippen molar-refractivity contribution in [2.24, 2.45) is 4.99 Å². The number of aliphatic imine (C=N–C) groups is 1. The Morgan fingerprint density at radius 2 is 1.96 bits per heavy atom. The van der Waals surface area contributed by atoms with Crippen LogP contribution in [0.15, 0.2) is 33.7 Å². The lowest BCUT2D eigenvalue weighted by Crippen LogP contribution is -2.49. The molecule has 1 heterocycles. The monoisotopic (exact) mass is 422 g/mol. The van der Waals surface area contributed by atoms with Gasteiger partial charge in [-0.05, 0) is 43.4 Å². The van der Waals surface area contributed by atoms with Crippen molar-refractivity contribution in [1.29, 1.82) is 0 Å². The smallest absolute Gasteiger partial charge is 0.191 e. The van der Waals surface area contributed by atoms with Gasteiger partial charge in [0.05, 0.1) is 0 Å². The quantitative estimate of drug-likeness (QED) is 0.402. The van der Waals surface area contributed by atoms with Crippen molar-refractivity contribution in [1.82, 2.24) is 15.5 Å². The summed E-state index contributed by atoms with van der Waals surface area (Å²) in [5.74, 6) is 1.55. The fourth-order valence-corrected chi connectivity index (χ4v) is 3.97. The number of rotatable bonds is 7. The summed E-state index contributed by atoms with van der Waals surface area (Å²) in [4.78, 5) is 6.98. The number of piperidine rings is 1. The van der Waals surface area contributed by atoms with Crippen LogP contribution in [0.25, 0.3) is 0 Å². The summed E-state index contributed by atoms with van der Waals surface area (Å²) < 4.78 is 6.28. The van der Waals surface area contributed by atoms with Crippen LogP contribution in [0.2, 0.25) is 0 Å². The van der Waals surface area contributed by atoms with Gasteiger partial charge < -0.3 is 20.3 Å². The molecule has 3 rings (SSSR count). The number of benzene rings is 1. The number of ether oxygens (including phenoxy) is 1. The minimum absolute atomic E-state index is 0.497. The Kier molecular flexibility index (Phi) is 7.34. The summed E-state index contributed by atoms with van der Waals surface area (Å²) in [6.45, 7) is 4.31. The highest BCUT2D eigenvalue weighted by molar-refractivity contribution is 9.10. The second-order valence-electron chi connectivity index (χ2n) is 7.32. The van der Waals surface area contributed by atoms with Crippen molar-refractivity contribution in [3.63, 3.8) is 0 Å². The number of likely N-dealkylation sites (tertiary alicyclic amines) is 1. The van der Waals surface area contributed by atoms with Crippen LogP contribution in [-0.4, -0.2) is 63.3 Å². The summed E-state index contributed by atoms with van der Waals surface area (Å²) in [6.07, 6.45) is 4.65. The van der Waals surface area contributed by atoms with Crippen molar-refractivity contribution < 1.29 is 4.74 Å². The number of hydrogen-bond donors (Lipinski definition) is 2. The molecule has 1 saturated heterocycles. The van der Waals surface area contributed by atoms with Crippen LogP contribution in [0.5, 0.6) is 0 Å². The summed E-state index contributed by atoms with van der Waals surface area (Å²) >= 11 is 3.50. The van der Waals surface area contributed by atoms with Gasteiger partial charge in [-0.3, -0.25) is 4.99 Å². The molecule has 2 fully saturated rings. The molecule has 2 atom stereocenters. The predicted octanol–water partition coefficient (Wildman–Crippen LogP) is 2.97. The van der Waals surface area contributed by atoms with Crippen LogP contribution in [0.4, 0.5) is 0 Å². The van der Waals surface area contributed by atoms with Gasteiger partial charge in [-0.25, -0.2) is 0 Å². The number of methoxy groups -OCH3 is 1. The van der Waals surface area contributed by atoms with Gasteiger partial charge in [-0.15, -0.1) is 0 Å². The van der Waals surface area contributed by atoms with E-state index in [0.29, 0.717) is 18.0 Å². The first-order valence-electron chi connectivity index (χ1n) is 9.66. The number of nitrogens with one attached hydrogen (secondary N) is 2. The average Bonchev–Trinajstić information content (AvgIpc) is 3.42. The summed E-state index contributed by atoms with van der Waals surface area (Å²) in [5, 5.41) is 7.23. The fraction of sp³-hybridized carbons (Fsp3) is 0.650. The highest BCUT2D eigenvalue weighted by atomic mass is 79.9. The maximum atomic E-state index is 5.15. The molecule has 0 bridgehead atoms. The molecule has 1 aliphatic carbocycles. The molecule has 144 valence electrons. The molecule has 6 heteroatoms. The Morgan fingerprint density at radius 3 is 2.62 bits per heavy atom. The van der Waals surface area contributed by atoms with Crippen molar-refractivity contribution in [3.05, 3.63) is 34.3 Å². The average molecular weight is 423 g/mol. The normalized spacial score (nSPS) is 24.5. The zero-order valence-electron chi connectivity index (χ0n) is 15.9. The zero-order chi connectivity index (χ0) is 18.4. The van der Waals surface area contributed by atoms with Crippen LogP contribution in [0.1, 0.15) is 37.2 Å². The molecule has 1 aliphatic heterocycles. The van der Waals surface area contributed by atoms with Crippen LogP contribution in [0.3, 0.4) is 0 Å². The van der Waals surface area contributed by atoms with E-state index in [0.717, 1.165) is 43.1 Å². The third-order valence-corrected chi connectivity index (χ3v) is 5.91. The minimum Gasteiger partial charge on any atom is -0.385 e. The fourth-order valence-electron chi connectivity index (χ4n) is 3.71. The molecule has 0 radical (unpaired) electrons. The van der Waals surface area contributed by atoms with E-state index in [1.807, 2.05) is 7.05 Å². The third kappa shape index (κ3) is 5.69. The van der Waals surface area contributed by atoms with Gasteiger partial charge in [-0.1, -0.05) is 28.1 Å². The molecule has 5 nitrogen and oxygen atoms in total. The van der Waals surface area contributed by atoms with E-state index < -0.39 is 0 Å². The molecular formula is C20H31BrN4O. The Hall–Kier alpha value is -1.11. The molecule has 2 aliphatic rings. The second-order valence-corrected chi connectivity index (χ2v) is 8.24. The van der Waals surface area contributed by atoms with Gasteiger partial charge >= 0.3 is 0 Å². The topological polar surface area (TPSA) is 48.9 Å². The second kappa shape index (κ2) is 9.72. The first-order chi connectivity index (χ1) is 12.7. The maximum Gasteiger partial charge on any atom is 0.191 e. The first kappa shape index (κ1) is 19.6. The molecule has 0 spiro atoms. The van der Waals surface area contributed by atoms with Gasteiger partial charge in [0, 0.05) is 62.9 Å². The van der Waals surface area contributed by atoms with Crippen molar-refractivity contribution in [2.75, 3.05) is 40.4 Å². The first-order valence-corrected chi connectivity index (χ1v) is 10.5. The van der Waals surface area contributed by atoms with Crippen molar-refractivity contribution in [2.45, 2.75) is 43.7 Å². The molecular weight excluding hydrogens is 392 g/mol. The zero-order valence-corrected chi connectivity index (χ0v) is 17.5. The Morgan fingerprint density at radius 1 is 1.23 bits per heavy atom. The maximum absolute atomic E-state index is 5.15. The largest absolute Gasteiger partial charge is 0.385 e. The number of hydrogen-bond acceptors (Lipinski definition) is 3. The molecule has 2 N–H and O–H groups in total. The number of guanidine groups is 1. The van der Waals surface area contributed by atoms with E-state index in [1.54, 1.807) is 7.11 Å². The molecule has 1 aromatic carbocycles. The standard InChI is InChI=1S/C20H31BrN4O/c1-22-20(23-17-8-11-25(12-9-17)10-3-13-26-2)24-19-14-18(19)15-4-6-16(21)7-5-15/h4-7,17-19H,3,8-14H2,1-2H3,(H2,22,23,24). The van der Waals surface area contributed by atoms with E-state index in [2.05, 4.69) is 60.7 Å². The van der Waals surface area contributed by atoms with E-state index in [9.17, 15) is 0 Å². The molecule has 0 amide bonds. The van der Waals surface area contributed by atoms with Crippen LogP contribution < -0.4 is 10.6 Å². The minimum atomic E-state index is 0.497. The summed E-state index contributed by atoms with van der Waals surface area (Å²) in [5.41, 5.74) is 1.41. The van der Waals surface area contributed by atoms with E-state index in [-0.39, 0.29) is 0 Å². The summed E-state index contributed by atoms with van der Waals surface area (Å²) in [7, 11) is 3.64. The van der Waals surface area contributed by atoms with Gasteiger partial charge in [0.25, 0.3) is 0 Å². The van der Waals surface area contributed by atoms with Crippen molar-refractivity contribution in [3.8, 4) is 0 Å². The SMILES string of the molecule is CN=C(NC1CCN(CCCOC)CC1)NC1CC1c1ccc(Br)cc1. The third-order valence-electron chi connectivity index (χ3n) is 5.39. The van der Waals surface area contributed by atoms with Gasteiger partial charge in [0.1, 0.15) is 0 Å². The Labute approximate surface area is 165 Å². The number of halogens is 1. The number of nitrogens with zero attached hydrogens (tertiary/aromatic N) is 2. The Bertz CT molecular complexity index is 584. The van der Waals surface area contributed by atoms with E-state index in [1.165, 1.54) is 24.8 Å². The molecule has 2 unspecified atom stereocenters. The van der Waals surface area contributed by atoms with Crippen LogP contribution >= 0.6 is 15.9 Å². The summed E-state index contributed by atoms with van der Waals surface area (Å²) in [6, 6.07) is 9.69. The van der Waals surface area contributed by atoms with Gasteiger partial charge in [0.2, 0.25) is 0 Å². The molecule has 0 aromatic heterocycles. The van der Waals surface area contributed by atoms with E-state index in [4.69, 9.17) is 4.74 Å². The lowest BCUT2D eigenvalue weighted by molar-refractivity contribution is 0.155. The van der Waals surface area contributed by atoms with Crippen LogP contribution in [0, 0.1) is 0 Å². The van der Waals surface area contributed by atoms with Gasteiger partial charge in [0.15, 0.2) is 5.96 Å². The molecule has 1 saturated carbocycles.